The molecule has 0 aliphatic heterocycles. The summed E-state index contributed by atoms with van der Waals surface area (Å²) < 4.78 is 11.8. The molecular formula is C15H13Br2NO3. The van der Waals surface area contributed by atoms with Gasteiger partial charge in [-0.3, -0.25) is 4.79 Å². The topological polar surface area (TPSA) is 47.6 Å². The Kier molecular flexibility index (Phi) is 5.25. The monoisotopic (exact) mass is 413 g/mol. The van der Waals surface area contributed by atoms with Crippen LogP contribution in [0.3, 0.4) is 0 Å². The maximum atomic E-state index is 12.3. The number of hydrogen-bond acceptors (Lipinski definition) is 3. The zero-order chi connectivity index (χ0) is 15.4. The number of hydrogen-bond donors (Lipinski definition) is 1. The van der Waals surface area contributed by atoms with Gasteiger partial charge in [-0.25, -0.2) is 0 Å². The van der Waals surface area contributed by atoms with Crippen LogP contribution in [0.2, 0.25) is 0 Å². The van der Waals surface area contributed by atoms with Crippen LogP contribution in [0.4, 0.5) is 5.69 Å². The summed E-state index contributed by atoms with van der Waals surface area (Å²) in [7, 11) is 3.15. The highest BCUT2D eigenvalue weighted by atomic mass is 79.9. The number of amides is 1. The maximum Gasteiger partial charge on any atom is 0.256 e. The molecule has 2 rings (SSSR count). The lowest BCUT2D eigenvalue weighted by molar-refractivity contribution is 0.102. The first kappa shape index (κ1) is 15.9. The first-order chi connectivity index (χ1) is 10.0. The summed E-state index contributed by atoms with van der Waals surface area (Å²) >= 11 is 6.75. The van der Waals surface area contributed by atoms with Gasteiger partial charge in [0, 0.05) is 10.2 Å². The highest BCUT2D eigenvalue weighted by molar-refractivity contribution is 9.10. The number of benzene rings is 2. The molecule has 0 radical (unpaired) electrons. The molecule has 110 valence electrons. The first-order valence-corrected chi connectivity index (χ1v) is 7.62. The second kappa shape index (κ2) is 6.95. The second-order valence-electron chi connectivity index (χ2n) is 4.15. The number of rotatable bonds is 4. The Morgan fingerprint density at radius 2 is 1.76 bits per heavy atom. The van der Waals surface area contributed by atoms with Crippen LogP contribution >= 0.6 is 31.9 Å². The van der Waals surface area contributed by atoms with Gasteiger partial charge in [-0.2, -0.15) is 0 Å². The van der Waals surface area contributed by atoms with Gasteiger partial charge in [0.05, 0.1) is 24.3 Å². The molecule has 0 unspecified atom stereocenters. The number of halogens is 2. The van der Waals surface area contributed by atoms with Gasteiger partial charge in [0.25, 0.3) is 5.91 Å². The molecule has 0 aliphatic rings. The fourth-order valence-corrected chi connectivity index (χ4v) is 2.72. The minimum atomic E-state index is -0.224. The third kappa shape index (κ3) is 3.77. The van der Waals surface area contributed by atoms with Gasteiger partial charge in [-0.15, -0.1) is 0 Å². The fraction of sp³-hybridized carbons (Fsp3) is 0.133. The van der Waals surface area contributed by atoms with Crippen LogP contribution in [0.25, 0.3) is 0 Å². The number of ether oxygens (including phenoxy) is 2. The second-order valence-corrected chi connectivity index (χ2v) is 5.86. The third-order valence-electron chi connectivity index (χ3n) is 2.83. The van der Waals surface area contributed by atoms with E-state index >= 15 is 0 Å². The predicted octanol–water partition coefficient (Wildman–Crippen LogP) is 4.48. The molecular weight excluding hydrogens is 402 g/mol. The molecule has 2 aromatic carbocycles. The van der Waals surface area contributed by atoms with E-state index in [0.29, 0.717) is 27.2 Å². The first-order valence-electron chi connectivity index (χ1n) is 6.03. The van der Waals surface area contributed by atoms with E-state index in [9.17, 15) is 4.79 Å². The van der Waals surface area contributed by atoms with Crippen molar-refractivity contribution in [3.63, 3.8) is 0 Å². The van der Waals surface area contributed by atoms with E-state index in [1.54, 1.807) is 50.6 Å². The largest absolute Gasteiger partial charge is 0.497 e. The van der Waals surface area contributed by atoms with Gasteiger partial charge < -0.3 is 14.8 Å². The fourth-order valence-electron chi connectivity index (χ4n) is 1.75. The van der Waals surface area contributed by atoms with Crippen molar-refractivity contribution in [2.75, 3.05) is 19.5 Å². The normalized spacial score (nSPS) is 10.1. The predicted molar refractivity (Wildman–Crippen MR) is 89.3 cm³/mol. The maximum absolute atomic E-state index is 12.3. The van der Waals surface area contributed by atoms with Crippen molar-refractivity contribution in [3.05, 3.63) is 50.9 Å². The van der Waals surface area contributed by atoms with Gasteiger partial charge in [-0.1, -0.05) is 0 Å². The molecule has 0 fully saturated rings. The standard InChI is InChI=1S/C15H13Br2NO3/c1-20-10-4-5-12(16)11(8-10)15(19)18-9-3-6-14(21-2)13(17)7-9/h3-8H,1-2H3,(H,18,19). The highest BCUT2D eigenvalue weighted by Gasteiger charge is 2.12. The van der Waals surface area contributed by atoms with Crippen molar-refractivity contribution in [2.45, 2.75) is 0 Å². The number of nitrogens with one attached hydrogen (secondary N) is 1. The summed E-state index contributed by atoms with van der Waals surface area (Å²) in [6.07, 6.45) is 0. The molecule has 0 heterocycles. The van der Waals surface area contributed by atoms with E-state index < -0.39 is 0 Å². The molecule has 0 atom stereocenters. The lowest BCUT2D eigenvalue weighted by atomic mass is 10.2. The van der Waals surface area contributed by atoms with Crippen LogP contribution in [0, 0.1) is 0 Å². The van der Waals surface area contributed by atoms with Crippen LogP contribution < -0.4 is 14.8 Å². The molecule has 4 nitrogen and oxygen atoms in total. The SMILES string of the molecule is COc1ccc(Br)c(C(=O)Nc2ccc(OC)c(Br)c2)c1. The number of carbonyl (C=O) groups excluding carboxylic acids is 1. The third-order valence-corrected chi connectivity index (χ3v) is 4.14. The Morgan fingerprint density at radius 1 is 1.00 bits per heavy atom. The lowest BCUT2D eigenvalue weighted by Crippen LogP contribution is -2.12. The van der Waals surface area contributed by atoms with E-state index in [-0.39, 0.29) is 5.91 Å². The Labute approximate surface area is 139 Å². The molecule has 1 N–H and O–H groups in total. The van der Waals surface area contributed by atoms with Crippen LogP contribution in [-0.4, -0.2) is 20.1 Å². The van der Waals surface area contributed by atoms with Crippen LogP contribution in [-0.2, 0) is 0 Å². The average Bonchev–Trinajstić information content (AvgIpc) is 2.48. The number of methoxy groups -OCH3 is 2. The summed E-state index contributed by atoms with van der Waals surface area (Å²) in [6, 6.07) is 10.6. The van der Waals surface area contributed by atoms with Crippen molar-refractivity contribution in [1.29, 1.82) is 0 Å². The zero-order valence-corrected chi connectivity index (χ0v) is 14.6. The van der Waals surface area contributed by atoms with E-state index in [1.807, 2.05) is 0 Å². The van der Waals surface area contributed by atoms with E-state index in [4.69, 9.17) is 9.47 Å². The highest BCUT2D eigenvalue weighted by Crippen LogP contribution is 2.29. The summed E-state index contributed by atoms with van der Waals surface area (Å²) in [5, 5.41) is 2.83. The van der Waals surface area contributed by atoms with Crippen molar-refractivity contribution in [3.8, 4) is 11.5 Å². The van der Waals surface area contributed by atoms with Crippen LogP contribution in [0.15, 0.2) is 45.3 Å². The van der Waals surface area contributed by atoms with E-state index in [1.165, 1.54) is 0 Å². The van der Waals surface area contributed by atoms with Gasteiger partial charge in [0.1, 0.15) is 11.5 Å². The van der Waals surface area contributed by atoms with E-state index in [0.717, 1.165) is 4.47 Å². The van der Waals surface area contributed by atoms with E-state index in [2.05, 4.69) is 37.2 Å². The molecule has 6 heteroatoms. The Balaban J connectivity index is 2.23. The quantitative estimate of drug-likeness (QED) is 0.802. The Hall–Kier alpha value is -1.53. The van der Waals surface area contributed by atoms with Crippen LogP contribution in [0.1, 0.15) is 10.4 Å². The Bertz CT molecular complexity index is 674. The average molecular weight is 415 g/mol. The van der Waals surface area contributed by atoms with Crippen molar-refractivity contribution < 1.29 is 14.3 Å². The summed E-state index contributed by atoms with van der Waals surface area (Å²) in [5.41, 5.74) is 1.17. The number of carbonyl (C=O) groups is 1. The summed E-state index contributed by atoms with van der Waals surface area (Å²) in [4.78, 5) is 12.3. The molecule has 0 saturated carbocycles. The van der Waals surface area contributed by atoms with Gasteiger partial charge in [-0.05, 0) is 68.3 Å². The van der Waals surface area contributed by atoms with Crippen molar-refractivity contribution in [2.24, 2.45) is 0 Å². The minimum Gasteiger partial charge on any atom is -0.497 e. The van der Waals surface area contributed by atoms with Crippen LogP contribution in [0.5, 0.6) is 11.5 Å². The van der Waals surface area contributed by atoms with Gasteiger partial charge >= 0.3 is 0 Å². The van der Waals surface area contributed by atoms with Gasteiger partial charge in [0.15, 0.2) is 0 Å². The molecule has 21 heavy (non-hydrogen) atoms. The zero-order valence-electron chi connectivity index (χ0n) is 11.4. The molecule has 0 bridgehead atoms. The molecule has 0 spiro atoms. The van der Waals surface area contributed by atoms with Crippen molar-refractivity contribution >= 4 is 43.5 Å². The molecule has 0 saturated heterocycles. The minimum absolute atomic E-state index is 0.224. The summed E-state index contributed by atoms with van der Waals surface area (Å²) in [5.74, 6) is 1.10. The van der Waals surface area contributed by atoms with Crippen molar-refractivity contribution in [1.82, 2.24) is 0 Å². The molecule has 2 aromatic rings. The molecule has 0 aromatic heterocycles. The smallest absolute Gasteiger partial charge is 0.256 e. The Morgan fingerprint density at radius 3 is 2.38 bits per heavy atom. The summed E-state index contributed by atoms with van der Waals surface area (Å²) in [6.45, 7) is 0. The molecule has 0 aliphatic carbocycles. The number of anilines is 1. The van der Waals surface area contributed by atoms with Gasteiger partial charge in [0.2, 0.25) is 0 Å². The lowest BCUT2D eigenvalue weighted by Gasteiger charge is -2.10. The molecule has 1 amide bonds.